The Morgan fingerprint density at radius 2 is 1.67 bits per heavy atom. The Balaban J connectivity index is 1.29. The van der Waals surface area contributed by atoms with Gasteiger partial charge in [-0.3, -0.25) is 0 Å². The van der Waals surface area contributed by atoms with Crippen LogP contribution in [-0.2, 0) is 10.0 Å². The van der Waals surface area contributed by atoms with Crippen molar-refractivity contribution in [2.75, 3.05) is 6.54 Å². The minimum absolute atomic E-state index is 0.0838. The summed E-state index contributed by atoms with van der Waals surface area (Å²) in [6.45, 7) is 9.71. The second kappa shape index (κ2) is 9.75. The Labute approximate surface area is 218 Å². The summed E-state index contributed by atoms with van der Waals surface area (Å²) in [6, 6.07) is 0. The number of nitrogens with one attached hydrogen (secondary N) is 1. The largest absolute Gasteiger partial charge is 0.393 e. The Kier molecular flexibility index (Phi) is 7.40. The van der Waals surface area contributed by atoms with E-state index in [4.69, 9.17) is 0 Å². The SMILES string of the molecule is CC[C@H]1[C@@H](O)[C@@H]2[C@H](CC[C@]3(C)[C@@H]([C@H](C)CCCNS(=O)(=O)C4CC4)CC[C@@H]23)[C@@]2(C)CC[C@@H](O)[C@H](F)[C@@H]12. The molecule has 0 spiro atoms. The fourth-order valence-electron chi connectivity index (χ4n) is 10.3. The summed E-state index contributed by atoms with van der Waals surface area (Å²) in [4.78, 5) is 0. The second-order valence-electron chi connectivity index (χ2n) is 13.9. The molecule has 5 fully saturated rings. The van der Waals surface area contributed by atoms with Gasteiger partial charge in [-0.05, 0) is 111 Å². The molecule has 12 atom stereocenters. The number of sulfonamides is 1. The van der Waals surface area contributed by atoms with Crippen LogP contribution in [0.1, 0.15) is 98.3 Å². The van der Waals surface area contributed by atoms with Gasteiger partial charge < -0.3 is 10.2 Å². The minimum atomic E-state index is -3.11. The standard InChI is InChI=1S/C29H50FNO4S/c1-5-19-25-26(30)23(32)13-15-29(25,4)22-12-14-28(3)20(10-11-21(28)24(22)27(19)33)17(2)7-6-16-31-36(34,35)18-8-9-18/h17-27,31-33H,5-16H2,1-4H3/t17-,19-,20-,21+,22+,23-,24+,25-,26+,27-,28-,29-/m1/s1. The smallest absolute Gasteiger partial charge is 0.214 e. The number of halogens is 1. The van der Waals surface area contributed by atoms with Crippen molar-refractivity contribution >= 4 is 10.0 Å². The molecule has 0 aromatic rings. The van der Waals surface area contributed by atoms with Crippen molar-refractivity contribution in [1.29, 1.82) is 0 Å². The average Bonchev–Trinajstić information content (AvgIpc) is 3.63. The topological polar surface area (TPSA) is 86.6 Å². The van der Waals surface area contributed by atoms with Crippen molar-refractivity contribution in [3.63, 3.8) is 0 Å². The van der Waals surface area contributed by atoms with Gasteiger partial charge in [0, 0.05) is 12.5 Å². The number of rotatable bonds is 8. The van der Waals surface area contributed by atoms with Gasteiger partial charge in [-0.1, -0.05) is 34.1 Å². The summed E-state index contributed by atoms with van der Waals surface area (Å²) in [5, 5.41) is 22.0. The number of hydrogen-bond donors (Lipinski definition) is 3. The molecule has 0 saturated heterocycles. The molecule has 0 aliphatic heterocycles. The van der Waals surface area contributed by atoms with Gasteiger partial charge in [0.15, 0.2) is 0 Å². The zero-order valence-corrected chi connectivity index (χ0v) is 23.6. The van der Waals surface area contributed by atoms with Crippen LogP contribution in [0.3, 0.4) is 0 Å². The van der Waals surface area contributed by atoms with Crippen LogP contribution in [0.5, 0.6) is 0 Å². The fraction of sp³-hybridized carbons (Fsp3) is 1.00. The normalized spacial score (nSPS) is 49.7. The van der Waals surface area contributed by atoms with Crippen molar-refractivity contribution in [3.05, 3.63) is 0 Å². The molecule has 3 N–H and O–H groups in total. The maximum atomic E-state index is 15.5. The zero-order valence-electron chi connectivity index (χ0n) is 22.8. The van der Waals surface area contributed by atoms with Crippen molar-refractivity contribution in [1.82, 2.24) is 4.72 Å². The van der Waals surface area contributed by atoms with Crippen LogP contribution in [0.4, 0.5) is 4.39 Å². The van der Waals surface area contributed by atoms with Gasteiger partial charge in [0.1, 0.15) is 6.17 Å². The number of alkyl halides is 1. The number of fused-ring (bicyclic) bond motifs is 5. The third-order valence-electron chi connectivity index (χ3n) is 12.3. The Hall–Kier alpha value is -0.240. The molecule has 0 radical (unpaired) electrons. The molecule has 7 heteroatoms. The first-order valence-electron chi connectivity index (χ1n) is 14.9. The summed E-state index contributed by atoms with van der Waals surface area (Å²) >= 11 is 0. The maximum absolute atomic E-state index is 15.5. The lowest BCUT2D eigenvalue weighted by atomic mass is 9.41. The van der Waals surface area contributed by atoms with Crippen LogP contribution < -0.4 is 4.72 Å². The molecule has 0 aromatic heterocycles. The van der Waals surface area contributed by atoms with E-state index in [1.165, 1.54) is 6.42 Å². The van der Waals surface area contributed by atoms with Crippen LogP contribution in [-0.4, -0.2) is 48.8 Å². The van der Waals surface area contributed by atoms with Crippen molar-refractivity contribution in [3.8, 4) is 0 Å². The second-order valence-corrected chi connectivity index (χ2v) is 16.0. The van der Waals surface area contributed by atoms with Gasteiger partial charge in [0.25, 0.3) is 0 Å². The summed E-state index contributed by atoms with van der Waals surface area (Å²) < 4.78 is 42.6. The first kappa shape index (κ1) is 27.3. The lowest BCUT2D eigenvalue weighted by molar-refractivity contribution is -0.222. The van der Waals surface area contributed by atoms with Crippen LogP contribution >= 0.6 is 0 Å². The highest BCUT2D eigenvalue weighted by molar-refractivity contribution is 7.90. The minimum Gasteiger partial charge on any atom is -0.393 e. The van der Waals surface area contributed by atoms with Gasteiger partial charge in [-0.2, -0.15) is 0 Å². The monoisotopic (exact) mass is 527 g/mol. The van der Waals surface area contributed by atoms with E-state index in [9.17, 15) is 18.6 Å². The van der Waals surface area contributed by atoms with Crippen LogP contribution in [0.25, 0.3) is 0 Å². The first-order valence-corrected chi connectivity index (χ1v) is 16.5. The Morgan fingerprint density at radius 3 is 2.33 bits per heavy atom. The lowest BCUT2D eigenvalue weighted by Crippen LogP contribution is -2.65. The average molecular weight is 528 g/mol. The zero-order chi connectivity index (χ0) is 26.0. The molecular formula is C29H50FNO4S. The quantitative estimate of drug-likeness (QED) is 0.385. The van der Waals surface area contributed by atoms with Crippen molar-refractivity contribution in [2.24, 2.45) is 52.3 Å². The Bertz CT molecular complexity index is 911. The fourth-order valence-corrected chi connectivity index (χ4v) is 11.7. The molecule has 5 saturated carbocycles. The van der Waals surface area contributed by atoms with E-state index in [2.05, 4.69) is 32.4 Å². The van der Waals surface area contributed by atoms with E-state index in [1.54, 1.807) is 0 Å². The van der Waals surface area contributed by atoms with E-state index < -0.39 is 28.4 Å². The van der Waals surface area contributed by atoms with Gasteiger partial charge >= 0.3 is 0 Å². The third-order valence-corrected chi connectivity index (χ3v) is 14.2. The highest BCUT2D eigenvalue weighted by Crippen LogP contribution is 2.69. The highest BCUT2D eigenvalue weighted by Gasteiger charge is 2.66. The number of aliphatic hydroxyl groups excluding tert-OH is 2. The number of aliphatic hydroxyl groups is 2. The van der Waals surface area contributed by atoms with Gasteiger partial charge in [0.2, 0.25) is 10.0 Å². The molecule has 0 amide bonds. The molecule has 0 heterocycles. The summed E-state index contributed by atoms with van der Waals surface area (Å²) in [6.07, 6.45) is 7.54. The van der Waals surface area contributed by atoms with E-state index in [-0.39, 0.29) is 33.8 Å². The lowest BCUT2D eigenvalue weighted by Gasteiger charge is -2.65. The van der Waals surface area contributed by atoms with Crippen molar-refractivity contribution < 1.29 is 23.0 Å². The molecule has 0 aromatic carbocycles. The van der Waals surface area contributed by atoms with Crippen molar-refractivity contribution in [2.45, 2.75) is 122 Å². The van der Waals surface area contributed by atoms with E-state index in [0.29, 0.717) is 36.6 Å². The molecule has 208 valence electrons. The molecule has 0 bridgehead atoms. The first-order chi connectivity index (χ1) is 17.0. The molecule has 5 nitrogen and oxygen atoms in total. The summed E-state index contributed by atoms with van der Waals surface area (Å²) in [5.74, 6) is 1.79. The number of hydrogen-bond acceptors (Lipinski definition) is 4. The van der Waals surface area contributed by atoms with E-state index in [1.807, 2.05) is 0 Å². The Morgan fingerprint density at radius 1 is 1.00 bits per heavy atom. The van der Waals surface area contributed by atoms with Gasteiger partial charge in [-0.25, -0.2) is 17.5 Å². The predicted octanol–water partition coefficient (Wildman–Crippen LogP) is 5.06. The molecule has 36 heavy (non-hydrogen) atoms. The maximum Gasteiger partial charge on any atom is 0.214 e. The van der Waals surface area contributed by atoms with Gasteiger partial charge in [-0.15, -0.1) is 0 Å². The molecular weight excluding hydrogens is 477 g/mol. The van der Waals surface area contributed by atoms with Crippen LogP contribution in [0, 0.1) is 52.3 Å². The summed E-state index contributed by atoms with van der Waals surface area (Å²) in [7, 11) is -3.11. The molecule has 5 aliphatic rings. The van der Waals surface area contributed by atoms with E-state index in [0.717, 1.165) is 57.8 Å². The van der Waals surface area contributed by atoms with Crippen LogP contribution in [0.15, 0.2) is 0 Å². The molecule has 5 aliphatic carbocycles. The van der Waals surface area contributed by atoms with Crippen LogP contribution in [0.2, 0.25) is 0 Å². The predicted molar refractivity (Wildman–Crippen MR) is 140 cm³/mol. The molecule has 0 unspecified atom stereocenters. The molecule has 5 rings (SSSR count). The highest BCUT2D eigenvalue weighted by atomic mass is 32.2. The van der Waals surface area contributed by atoms with Gasteiger partial charge in [0.05, 0.1) is 17.5 Å². The van der Waals surface area contributed by atoms with E-state index >= 15 is 4.39 Å². The third kappa shape index (κ3) is 4.30. The summed E-state index contributed by atoms with van der Waals surface area (Å²) in [5.41, 5.74) is 0.0346.